The van der Waals surface area contributed by atoms with Crippen LogP contribution in [0.5, 0.6) is 0 Å². The lowest BCUT2D eigenvalue weighted by molar-refractivity contribution is -0.125. The Morgan fingerprint density at radius 3 is 1.68 bits per heavy atom. The first-order valence-electron chi connectivity index (χ1n) is 7.62. The summed E-state index contributed by atoms with van der Waals surface area (Å²) in [6, 6.07) is 5.74. The molecule has 1 aromatic carbocycles. The van der Waals surface area contributed by atoms with Crippen molar-refractivity contribution >= 4 is 11.8 Å². The summed E-state index contributed by atoms with van der Waals surface area (Å²) in [6.07, 6.45) is 0.105. The number of amides is 2. The number of hydrogen-bond acceptors (Lipinski definition) is 2. The van der Waals surface area contributed by atoms with Crippen LogP contribution in [0.4, 0.5) is 4.39 Å². The molecule has 0 saturated carbocycles. The summed E-state index contributed by atoms with van der Waals surface area (Å²) in [4.78, 5) is 23.9. The van der Waals surface area contributed by atoms with Gasteiger partial charge >= 0.3 is 0 Å². The second-order valence-electron chi connectivity index (χ2n) is 6.32. The van der Waals surface area contributed by atoms with Crippen molar-refractivity contribution in [3.63, 3.8) is 0 Å². The molecule has 0 radical (unpaired) electrons. The van der Waals surface area contributed by atoms with E-state index in [4.69, 9.17) is 0 Å². The van der Waals surface area contributed by atoms with Crippen LogP contribution in [-0.2, 0) is 9.59 Å². The zero-order valence-electron chi connectivity index (χ0n) is 13.7. The van der Waals surface area contributed by atoms with E-state index in [2.05, 4.69) is 10.6 Å². The van der Waals surface area contributed by atoms with Gasteiger partial charge in [0, 0.05) is 12.8 Å². The van der Waals surface area contributed by atoms with Gasteiger partial charge in [-0.15, -0.1) is 0 Å². The minimum atomic E-state index is -0.641. The third kappa shape index (κ3) is 6.70. The molecule has 0 saturated heterocycles. The van der Waals surface area contributed by atoms with Gasteiger partial charge in [0.2, 0.25) is 11.8 Å². The van der Waals surface area contributed by atoms with E-state index in [0.29, 0.717) is 18.4 Å². The van der Waals surface area contributed by atoms with Crippen LogP contribution in [-0.4, -0.2) is 11.8 Å². The smallest absolute Gasteiger partial charge is 0.222 e. The van der Waals surface area contributed by atoms with Gasteiger partial charge in [0.15, 0.2) is 0 Å². The van der Waals surface area contributed by atoms with Crippen LogP contribution in [0.15, 0.2) is 24.3 Å². The molecule has 0 unspecified atom stereocenters. The lowest BCUT2D eigenvalue weighted by Crippen LogP contribution is -2.41. The van der Waals surface area contributed by atoms with Crippen LogP contribution in [0.2, 0.25) is 0 Å². The molecule has 0 aromatic heterocycles. The van der Waals surface area contributed by atoms with Crippen molar-refractivity contribution in [2.24, 2.45) is 11.8 Å². The van der Waals surface area contributed by atoms with Crippen molar-refractivity contribution in [1.82, 2.24) is 10.6 Å². The Bertz CT molecular complexity index is 474. The minimum absolute atomic E-state index is 0.144. The summed E-state index contributed by atoms with van der Waals surface area (Å²) in [5, 5.41) is 5.59. The maximum Gasteiger partial charge on any atom is 0.222 e. The van der Waals surface area contributed by atoms with Gasteiger partial charge in [-0.05, 0) is 29.5 Å². The van der Waals surface area contributed by atoms with Crippen LogP contribution >= 0.6 is 0 Å². The van der Waals surface area contributed by atoms with E-state index < -0.39 is 6.17 Å². The molecule has 0 atom stereocenters. The summed E-state index contributed by atoms with van der Waals surface area (Å²) < 4.78 is 13.0. The van der Waals surface area contributed by atoms with Crippen LogP contribution in [0.3, 0.4) is 0 Å². The first-order chi connectivity index (χ1) is 10.3. The minimum Gasteiger partial charge on any atom is -0.332 e. The van der Waals surface area contributed by atoms with Gasteiger partial charge < -0.3 is 10.6 Å². The topological polar surface area (TPSA) is 58.2 Å². The number of rotatable bonds is 7. The van der Waals surface area contributed by atoms with Crippen molar-refractivity contribution in [3.05, 3.63) is 35.6 Å². The van der Waals surface area contributed by atoms with Crippen molar-refractivity contribution in [3.8, 4) is 0 Å². The summed E-state index contributed by atoms with van der Waals surface area (Å²) in [5.74, 6) is -0.201. The van der Waals surface area contributed by atoms with E-state index in [1.165, 1.54) is 12.1 Å². The lowest BCUT2D eigenvalue weighted by atomic mass is 10.1. The second kappa shape index (κ2) is 8.51. The van der Waals surface area contributed by atoms with E-state index in [-0.39, 0.29) is 29.5 Å². The summed E-state index contributed by atoms with van der Waals surface area (Å²) >= 11 is 0. The standard InChI is InChI=1S/C17H25FN2O2/c1-11(2)9-15(21)19-17(20-16(22)10-12(3)4)13-5-7-14(18)8-6-13/h5-8,11-12,17H,9-10H2,1-4H3,(H,19,21)(H,20,22). The lowest BCUT2D eigenvalue weighted by Gasteiger charge is -2.22. The van der Waals surface area contributed by atoms with E-state index in [0.717, 1.165) is 0 Å². The van der Waals surface area contributed by atoms with Crippen LogP contribution in [0.1, 0.15) is 52.3 Å². The van der Waals surface area contributed by atoms with Crippen molar-refractivity contribution in [2.45, 2.75) is 46.7 Å². The molecule has 122 valence electrons. The Morgan fingerprint density at radius 2 is 1.32 bits per heavy atom. The molecule has 0 aliphatic carbocycles. The predicted octanol–water partition coefficient (Wildman–Crippen LogP) is 3.15. The molecule has 0 aliphatic heterocycles. The maximum absolute atomic E-state index is 13.0. The highest BCUT2D eigenvalue weighted by Crippen LogP contribution is 2.13. The summed E-state index contributed by atoms with van der Waals surface area (Å²) in [7, 11) is 0. The van der Waals surface area contributed by atoms with Gasteiger partial charge in [-0.1, -0.05) is 39.8 Å². The number of benzene rings is 1. The molecule has 0 spiro atoms. The van der Waals surface area contributed by atoms with Crippen LogP contribution in [0, 0.1) is 17.7 Å². The van der Waals surface area contributed by atoms with Crippen molar-refractivity contribution < 1.29 is 14.0 Å². The highest BCUT2D eigenvalue weighted by atomic mass is 19.1. The van der Waals surface area contributed by atoms with E-state index in [9.17, 15) is 14.0 Å². The summed E-state index contributed by atoms with van der Waals surface area (Å²) in [6.45, 7) is 7.79. The third-order valence-corrected chi connectivity index (χ3v) is 3.00. The third-order valence-electron chi connectivity index (χ3n) is 3.00. The first kappa shape index (κ1) is 18.1. The van der Waals surface area contributed by atoms with Gasteiger partial charge in [0.25, 0.3) is 0 Å². The molecular formula is C17H25FN2O2. The molecule has 1 rings (SSSR count). The van der Waals surface area contributed by atoms with Crippen molar-refractivity contribution in [2.75, 3.05) is 0 Å². The van der Waals surface area contributed by atoms with Gasteiger partial charge in [-0.3, -0.25) is 9.59 Å². The second-order valence-corrected chi connectivity index (χ2v) is 6.32. The molecule has 5 heteroatoms. The van der Waals surface area contributed by atoms with Gasteiger partial charge in [0.1, 0.15) is 12.0 Å². The molecule has 0 heterocycles. The Balaban J connectivity index is 2.82. The normalized spacial score (nSPS) is 11.1. The molecule has 22 heavy (non-hydrogen) atoms. The summed E-state index contributed by atoms with van der Waals surface area (Å²) in [5.41, 5.74) is 0.649. The Morgan fingerprint density at radius 1 is 0.909 bits per heavy atom. The monoisotopic (exact) mass is 308 g/mol. The molecule has 2 N–H and O–H groups in total. The van der Waals surface area contributed by atoms with E-state index >= 15 is 0 Å². The van der Waals surface area contributed by atoms with E-state index in [1.807, 2.05) is 27.7 Å². The quantitative estimate of drug-likeness (QED) is 0.760. The van der Waals surface area contributed by atoms with Crippen molar-refractivity contribution in [1.29, 1.82) is 0 Å². The number of carbonyl (C=O) groups is 2. The average Bonchev–Trinajstić information content (AvgIpc) is 2.36. The van der Waals surface area contributed by atoms with E-state index in [1.54, 1.807) is 12.1 Å². The molecular weight excluding hydrogens is 283 g/mol. The van der Waals surface area contributed by atoms with Crippen LogP contribution in [0.25, 0.3) is 0 Å². The molecule has 0 fully saturated rings. The number of hydrogen-bond donors (Lipinski definition) is 2. The molecule has 1 aromatic rings. The SMILES string of the molecule is CC(C)CC(=O)NC(NC(=O)CC(C)C)c1ccc(F)cc1. The average molecular weight is 308 g/mol. The Kier molecular flexibility index (Phi) is 7.02. The Labute approximate surface area is 131 Å². The molecule has 0 aliphatic rings. The maximum atomic E-state index is 13.0. The highest BCUT2D eigenvalue weighted by molar-refractivity contribution is 5.79. The molecule has 2 amide bonds. The van der Waals surface area contributed by atoms with Gasteiger partial charge in [0.05, 0.1) is 0 Å². The zero-order valence-corrected chi connectivity index (χ0v) is 13.7. The number of nitrogens with one attached hydrogen (secondary N) is 2. The van der Waals surface area contributed by atoms with Gasteiger partial charge in [-0.25, -0.2) is 4.39 Å². The largest absolute Gasteiger partial charge is 0.332 e. The molecule has 4 nitrogen and oxygen atoms in total. The fourth-order valence-corrected chi connectivity index (χ4v) is 2.04. The highest BCUT2D eigenvalue weighted by Gasteiger charge is 2.18. The zero-order chi connectivity index (χ0) is 16.7. The van der Waals surface area contributed by atoms with Crippen LogP contribution < -0.4 is 10.6 Å². The first-order valence-corrected chi connectivity index (χ1v) is 7.62. The molecule has 0 bridgehead atoms. The fraction of sp³-hybridized carbons (Fsp3) is 0.529. The van der Waals surface area contributed by atoms with Gasteiger partial charge in [-0.2, -0.15) is 0 Å². The Hall–Kier alpha value is -1.91. The predicted molar refractivity (Wildman–Crippen MR) is 84.3 cm³/mol. The fourth-order valence-electron chi connectivity index (χ4n) is 2.04. The number of halogens is 1. The number of carbonyl (C=O) groups excluding carboxylic acids is 2.